The normalized spacial score (nSPS) is 11.7. The van der Waals surface area contributed by atoms with Gasteiger partial charge < -0.3 is 0 Å². The van der Waals surface area contributed by atoms with Gasteiger partial charge in [0.15, 0.2) is 12.4 Å². The molecule has 0 fully saturated rings. The minimum atomic E-state index is -0.211. The first-order chi connectivity index (χ1) is 11.7. The summed E-state index contributed by atoms with van der Waals surface area (Å²) in [5, 5.41) is 4.12. The number of hydrogen-bond acceptors (Lipinski definition) is 2. The molecule has 1 N–H and O–H groups in total. The van der Waals surface area contributed by atoms with E-state index in [4.69, 9.17) is 0 Å². The molecule has 0 atom stereocenters. The molecule has 2 rings (SSSR count). The van der Waals surface area contributed by atoms with Crippen molar-refractivity contribution < 1.29 is 9.36 Å². The fourth-order valence-corrected chi connectivity index (χ4v) is 2.28. The molecule has 1 aromatic carbocycles. The average molecular weight is 322 g/mol. The van der Waals surface area contributed by atoms with Crippen LogP contribution >= 0.6 is 0 Å². The van der Waals surface area contributed by atoms with E-state index in [0.29, 0.717) is 5.56 Å². The van der Waals surface area contributed by atoms with Gasteiger partial charge >= 0.3 is 0 Å². The first kappa shape index (κ1) is 17.6. The SMILES string of the molecule is CCCCC(=C/c1ccccc1)/C=N/NC(=O)c1ccc[n+](C)c1. The summed E-state index contributed by atoms with van der Waals surface area (Å²) in [5.74, 6) is -0.211. The first-order valence-corrected chi connectivity index (χ1v) is 8.23. The van der Waals surface area contributed by atoms with Crippen LogP contribution in [0.1, 0.15) is 42.1 Å². The zero-order valence-electron chi connectivity index (χ0n) is 14.3. The Bertz CT molecular complexity index is 721. The molecule has 2 aromatic rings. The summed E-state index contributed by atoms with van der Waals surface area (Å²) in [5.41, 5.74) is 5.41. The van der Waals surface area contributed by atoms with Crippen molar-refractivity contribution in [2.75, 3.05) is 0 Å². The van der Waals surface area contributed by atoms with Crippen molar-refractivity contribution in [3.05, 3.63) is 71.6 Å². The summed E-state index contributed by atoms with van der Waals surface area (Å²) in [6.07, 6.45) is 10.6. The number of carbonyl (C=O) groups is 1. The predicted molar refractivity (Wildman–Crippen MR) is 97.5 cm³/mol. The van der Waals surface area contributed by atoms with Crippen molar-refractivity contribution in [2.45, 2.75) is 26.2 Å². The fourth-order valence-electron chi connectivity index (χ4n) is 2.28. The molecule has 1 aromatic heterocycles. The van der Waals surface area contributed by atoms with Crippen LogP contribution < -0.4 is 9.99 Å². The highest BCUT2D eigenvalue weighted by molar-refractivity contribution is 5.94. The van der Waals surface area contributed by atoms with Crippen LogP contribution in [0.25, 0.3) is 6.08 Å². The van der Waals surface area contributed by atoms with Crippen LogP contribution in [0.5, 0.6) is 0 Å². The van der Waals surface area contributed by atoms with Gasteiger partial charge in [-0.15, -0.1) is 0 Å². The van der Waals surface area contributed by atoms with Gasteiger partial charge in [-0.2, -0.15) is 5.10 Å². The molecular weight excluding hydrogens is 298 g/mol. The van der Waals surface area contributed by atoms with E-state index in [-0.39, 0.29) is 5.91 Å². The van der Waals surface area contributed by atoms with Gasteiger partial charge in [0.1, 0.15) is 12.6 Å². The second-order valence-corrected chi connectivity index (χ2v) is 5.69. The Hall–Kier alpha value is -2.75. The molecule has 24 heavy (non-hydrogen) atoms. The van der Waals surface area contributed by atoms with Crippen molar-refractivity contribution >= 4 is 18.2 Å². The smallest absolute Gasteiger partial charge is 0.267 e. The molecule has 4 nitrogen and oxygen atoms in total. The molecule has 1 heterocycles. The molecule has 4 heteroatoms. The molecular formula is C20H24N3O+. The van der Waals surface area contributed by atoms with Crippen LogP contribution in [0.4, 0.5) is 0 Å². The lowest BCUT2D eigenvalue weighted by Crippen LogP contribution is -2.29. The van der Waals surface area contributed by atoms with Crippen LogP contribution in [-0.4, -0.2) is 12.1 Å². The Morgan fingerprint density at radius 2 is 2.00 bits per heavy atom. The van der Waals surface area contributed by atoms with E-state index < -0.39 is 0 Å². The molecule has 0 aliphatic heterocycles. The van der Waals surface area contributed by atoms with Gasteiger partial charge in [0.2, 0.25) is 0 Å². The van der Waals surface area contributed by atoms with Crippen molar-refractivity contribution in [1.29, 1.82) is 0 Å². The highest BCUT2D eigenvalue weighted by Crippen LogP contribution is 2.11. The Kier molecular flexibility index (Phi) is 6.90. The van der Waals surface area contributed by atoms with E-state index in [2.05, 4.69) is 35.7 Å². The molecule has 0 radical (unpaired) electrons. The van der Waals surface area contributed by atoms with Crippen LogP contribution in [0.15, 0.2) is 65.5 Å². The number of aryl methyl sites for hydroxylation is 1. The van der Waals surface area contributed by atoms with Crippen molar-refractivity contribution in [2.24, 2.45) is 12.1 Å². The predicted octanol–water partition coefficient (Wildman–Crippen LogP) is 3.50. The van der Waals surface area contributed by atoms with Gasteiger partial charge in [-0.1, -0.05) is 49.8 Å². The van der Waals surface area contributed by atoms with E-state index >= 15 is 0 Å². The minimum Gasteiger partial charge on any atom is -0.267 e. The van der Waals surface area contributed by atoms with Gasteiger partial charge in [-0.25, -0.2) is 9.99 Å². The van der Waals surface area contributed by atoms with Gasteiger partial charge in [0, 0.05) is 6.07 Å². The van der Waals surface area contributed by atoms with Crippen molar-refractivity contribution in [3.63, 3.8) is 0 Å². The Morgan fingerprint density at radius 1 is 1.21 bits per heavy atom. The lowest BCUT2D eigenvalue weighted by atomic mass is 10.1. The molecule has 1 amide bonds. The third kappa shape index (κ3) is 5.80. The number of nitrogens with one attached hydrogen (secondary N) is 1. The molecule has 124 valence electrons. The zero-order chi connectivity index (χ0) is 17.2. The summed E-state index contributed by atoms with van der Waals surface area (Å²) < 4.78 is 1.83. The molecule has 0 bridgehead atoms. The number of hydrogen-bond donors (Lipinski definition) is 1. The van der Waals surface area contributed by atoms with E-state index in [1.807, 2.05) is 42.1 Å². The third-order valence-corrected chi connectivity index (χ3v) is 3.57. The van der Waals surface area contributed by atoms with Gasteiger partial charge in [-0.05, 0) is 30.0 Å². The fraction of sp³-hybridized carbons (Fsp3) is 0.250. The standard InChI is InChI=1S/C20H23N3O/c1-3-4-9-18(14-17-10-6-5-7-11-17)15-21-22-20(24)19-12-8-13-23(2)16-19/h5-8,10-16H,3-4,9H2,1-2H3/p+1/b18-14-,21-15+. The van der Waals surface area contributed by atoms with E-state index in [1.165, 1.54) is 0 Å². The summed E-state index contributed by atoms with van der Waals surface area (Å²) >= 11 is 0. The third-order valence-electron chi connectivity index (χ3n) is 3.57. The maximum atomic E-state index is 12.1. The van der Waals surface area contributed by atoms with Gasteiger partial charge in [0.05, 0.1) is 6.21 Å². The number of rotatable bonds is 7. The number of nitrogens with zero attached hydrogens (tertiary/aromatic N) is 2. The number of hydrazone groups is 1. The number of amides is 1. The van der Waals surface area contributed by atoms with Crippen LogP contribution in [0, 0.1) is 0 Å². The number of allylic oxidation sites excluding steroid dienone is 1. The van der Waals surface area contributed by atoms with Crippen LogP contribution in [0.2, 0.25) is 0 Å². The highest BCUT2D eigenvalue weighted by Gasteiger charge is 2.07. The Balaban J connectivity index is 2.04. The summed E-state index contributed by atoms with van der Waals surface area (Å²) in [6.45, 7) is 2.16. The number of unbranched alkanes of at least 4 members (excludes halogenated alkanes) is 1. The van der Waals surface area contributed by atoms with Crippen LogP contribution in [0.3, 0.4) is 0 Å². The summed E-state index contributed by atoms with van der Waals surface area (Å²) in [6, 6.07) is 13.7. The number of carbonyl (C=O) groups excluding carboxylic acids is 1. The van der Waals surface area contributed by atoms with Crippen molar-refractivity contribution in [3.8, 4) is 0 Å². The maximum absolute atomic E-state index is 12.1. The Labute approximate surface area is 143 Å². The second kappa shape index (κ2) is 9.40. The van der Waals surface area contributed by atoms with E-state index in [9.17, 15) is 4.79 Å². The highest BCUT2D eigenvalue weighted by atomic mass is 16.2. The molecule has 0 unspecified atom stereocenters. The number of aromatic nitrogens is 1. The molecule has 0 spiro atoms. The lowest BCUT2D eigenvalue weighted by Gasteiger charge is -2.02. The lowest BCUT2D eigenvalue weighted by molar-refractivity contribution is -0.671. The molecule has 0 saturated carbocycles. The average Bonchev–Trinajstić information content (AvgIpc) is 2.60. The zero-order valence-corrected chi connectivity index (χ0v) is 14.3. The summed E-state index contributed by atoms with van der Waals surface area (Å²) in [4.78, 5) is 12.1. The first-order valence-electron chi connectivity index (χ1n) is 8.23. The monoisotopic (exact) mass is 322 g/mol. The topological polar surface area (TPSA) is 45.3 Å². The quantitative estimate of drug-likeness (QED) is 0.473. The van der Waals surface area contributed by atoms with E-state index in [1.54, 1.807) is 18.5 Å². The van der Waals surface area contributed by atoms with Crippen molar-refractivity contribution in [1.82, 2.24) is 5.43 Å². The molecule has 0 aliphatic rings. The largest absolute Gasteiger partial charge is 0.277 e. The Morgan fingerprint density at radius 3 is 2.71 bits per heavy atom. The van der Waals surface area contributed by atoms with Crippen LogP contribution in [-0.2, 0) is 7.05 Å². The van der Waals surface area contributed by atoms with E-state index in [0.717, 1.165) is 30.4 Å². The van der Waals surface area contributed by atoms with Gasteiger partial charge in [-0.3, -0.25) is 4.79 Å². The summed E-state index contributed by atoms with van der Waals surface area (Å²) in [7, 11) is 1.88. The molecule has 0 aliphatic carbocycles. The number of pyridine rings is 1. The number of benzene rings is 1. The van der Waals surface area contributed by atoms with Gasteiger partial charge in [0.25, 0.3) is 5.91 Å². The molecule has 0 saturated heterocycles. The minimum absolute atomic E-state index is 0.211. The second-order valence-electron chi connectivity index (χ2n) is 5.69. The maximum Gasteiger partial charge on any atom is 0.277 e.